The first kappa shape index (κ1) is 11.1. The summed E-state index contributed by atoms with van der Waals surface area (Å²) in [5, 5.41) is 0. The van der Waals surface area contributed by atoms with Crippen LogP contribution in [0.2, 0.25) is 0 Å². The van der Waals surface area contributed by atoms with E-state index in [1.54, 1.807) is 44.9 Å². The van der Waals surface area contributed by atoms with E-state index in [2.05, 4.69) is 6.92 Å². The lowest BCUT2D eigenvalue weighted by Crippen LogP contribution is -2.22. The molecule has 0 spiro atoms. The van der Waals surface area contributed by atoms with Crippen LogP contribution in [0.15, 0.2) is 0 Å². The Kier molecular flexibility index (Phi) is 3.27. The lowest BCUT2D eigenvalue weighted by Gasteiger charge is -2.30. The summed E-state index contributed by atoms with van der Waals surface area (Å²) >= 11 is 0. The first-order valence-electron chi connectivity index (χ1n) is 7.84. The number of hydrogen-bond donors (Lipinski definition) is 0. The molecule has 0 heteroatoms. The molecular weight excluding hydrogens is 192 g/mol. The Labute approximate surface area is 101 Å². The summed E-state index contributed by atoms with van der Waals surface area (Å²) in [6.45, 7) is 2.57. The second-order valence-electron chi connectivity index (χ2n) is 6.97. The molecule has 0 aromatic rings. The average Bonchev–Trinajstić information content (AvgIpc) is 2.69. The molecule has 3 fully saturated rings. The van der Waals surface area contributed by atoms with Gasteiger partial charge in [-0.3, -0.25) is 0 Å². The Morgan fingerprint density at radius 3 is 2.44 bits per heavy atom. The largest absolute Gasteiger partial charge is 0.0622 e. The number of fused-ring (bicyclic) bond motifs is 5. The first-order valence-corrected chi connectivity index (χ1v) is 7.84. The Morgan fingerprint density at radius 1 is 0.688 bits per heavy atom. The van der Waals surface area contributed by atoms with Crippen molar-refractivity contribution < 1.29 is 0 Å². The minimum absolute atomic E-state index is 1.04. The molecule has 3 saturated carbocycles. The Morgan fingerprint density at radius 2 is 1.50 bits per heavy atom. The Hall–Kier alpha value is 0. The normalized spacial score (nSPS) is 48.9. The van der Waals surface area contributed by atoms with E-state index in [-0.39, 0.29) is 0 Å². The van der Waals surface area contributed by atoms with Gasteiger partial charge in [0.25, 0.3) is 0 Å². The topological polar surface area (TPSA) is 0 Å². The van der Waals surface area contributed by atoms with E-state index >= 15 is 0 Å². The van der Waals surface area contributed by atoms with Crippen LogP contribution in [0.1, 0.15) is 71.1 Å². The van der Waals surface area contributed by atoms with E-state index in [1.807, 2.05) is 0 Å². The van der Waals surface area contributed by atoms with Crippen molar-refractivity contribution in [1.29, 1.82) is 0 Å². The molecule has 3 aliphatic rings. The van der Waals surface area contributed by atoms with Crippen LogP contribution in [-0.2, 0) is 0 Å². The van der Waals surface area contributed by atoms with E-state index in [0.717, 1.165) is 29.6 Å². The number of hydrogen-bond acceptors (Lipinski definition) is 0. The predicted molar refractivity (Wildman–Crippen MR) is 69.3 cm³/mol. The fourth-order valence-corrected chi connectivity index (χ4v) is 5.29. The van der Waals surface area contributed by atoms with Crippen molar-refractivity contribution in [2.45, 2.75) is 71.1 Å². The summed E-state index contributed by atoms with van der Waals surface area (Å²) in [4.78, 5) is 0. The molecule has 0 aliphatic heterocycles. The summed E-state index contributed by atoms with van der Waals surface area (Å²) in [6.07, 6.45) is 15.6. The fraction of sp³-hybridized carbons (Fsp3) is 1.00. The summed E-state index contributed by atoms with van der Waals surface area (Å²) in [5.41, 5.74) is 0. The van der Waals surface area contributed by atoms with Gasteiger partial charge in [0.05, 0.1) is 0 Å². The van der Waals surface area contributed by atoms with Crippen LogP contribution in [0, 0.1) is 29.6 Å². The maximum atomic E-state index is 2.57. The van der Waals surface area contributed by atoms with E-state index < -0.39 is 0 Å². The summed E-state index contributed by atoms with van der Waals surface area (Å²) in [5.74, 6) is 5.52. The second-order valence-corrected chi connectivity index (χ2v) is 6.97. The van der Waals surface area contributed by atoms with Crippen molar-refractivity contribution in [2.24, 2.45) is 29.6 Å². The van der Waals surface area contributed by atoms with E-state index in [4.69, 9.17) is 0 Å². The van der Waals surface area contributed by atoms with Gasteiger partial charge in [0, 0.05) is 0 Å². The maximum absolute atomic E-state index is 2.57. The lowest BCUT2D eigenvalue weighted by atomic mass is 9.75. The highest BCUT2D eigenvalue weighted by Gasteiger charge is 2.40. The quantitative estimate of drug-likeness (QED) is 0.537. The highest BCUT2D eigenvalue weighted by Crippen LogP contribution is 2.50. The first-order chi connectivity index (χ1) is 7.84. The summed E-state index contributed by atoms with van der Waals surface area (Å²) in [6, 6.07) is 0. The van der Waals surface area contributed by atoms with Gasteiger partial charge in [-0.05, 0) is 55.3 Å². The van der Waals surface area contributed by atoms with Gasteiger partial charge in [-0.25, -0.2) is 0 Å². The molecule has 92 valence electrons. The molecule has 0 aromatic heterocycles. The monoisotopic (exact) mass is 220 g/mol. The summed E-state index contributed by atoms with van der Waals surface area (Å²) in [7, 11) is 0. The lowest BCUT2D eigenvalue weighted by molar-refractivity contribution is 0.194. The van der Waals surface area contributed by atoms with Gasteiger partial charge in [0.15, 0.2) is 0 Å². The van der Waals surface area contributed by atoms with Crippen molar-refractivity contribution in [3.05, 3.63) is 0 Å². The predicted octanol–water partition coefficient (Wildman–Crippen LogP) is 5.03. The summed E-state index contributed by atoms with van der Waals surface area (Å²) < 4.78 is 0. The molecule has 3 rings (SSSR count). The smallest absolute Gasteiger partial charge is 0.0355 e. The zero-order valence-electron chi connectivity index (χ0n) is 11.0. The van der Waals surface area contributed by atoms with Crippen molar-refractivity contribution in [3.8, 4) is 0 Å². The number of rotatable bonds is 0. The second kappa shape index (κ2) is 4.70. The van der Waals surface area contributed by atoms with Gasteiger partial charge in [-0.2, -0.15) is 0 Å². The molecule has 0 saturated heterocycles. The minimum Gasteiger partial charge on any atom is -0.0622 e. The van der Waals surface area contributed by atoms with Crippen LogP contribution in [0.25, 0.3) is 0 Å². The van der Waals surface area contributed by atoms with E-state index in [1.165, 1.54) is 19.3 Å². The molecule has 0 aromatic carbocycles. The zero-order chi connectivity index (χ0) is 11.0. The van der Waals surface area contributed by atoms with Crippen molar-refractivity contribution >= 4 is 0 Å². The van der Waals surface area contributed by atoms with E-state index in [0.29, 0.717) is 0 Å². The van der Waals surface area contributed by atoms with Crippen molar-refractivity contribution in [1.82, 2.24) is 0 Å². The fourth-order valence-electron chi connectivity index (χ4n) is 5.29. The van der Waals surface area contributed by atoms with Gasteiger partial charge in [-0.15, -0.1) is 0 Å². The van der Waals surface area contributed by atoms with Gasteiger partial charge in [0.1, 0.15) is 0 Å². The molecule has 5 atom stereocenters. The van der Waals surface area contributed by atoms with Gasteiger partial charge in [0.2, 0.25) is 0 Å². The van der Waals surface area contributed by atoms with Gasteiger partial charge >= 0.3 is 0 Å². The molecule has 0 amide bonds. The van der Waals surface area contributed by atoms with Crippen LogP contribution in [-0.4, -0.2) is 0 Å². The standard InChI is InChI=1S/C16H28/c1-12-10-13-6-3-2-4-8-15(12)16-9-5-7-14(16)11-13/h12-16H,2-11H2,1H3. The molecule has 2 bridgehead atoms. The van der Waals surface area contributed by atoms with Crippen LogP contribution in [0.5, 0.6) is 0 Å². The Balaban J connectivity index is 1.84. The van der Waals surface area contributed by atoms with Crippen LogP contribution in [0.3, 0.4) is 0 Å². The zero-order valence-corrected chi connectivity index (χ0v) is 11.0. The molecule has 0 N–H and O–H groups in total. The molecule has 5 unspecified atom stereocenters. The third-order valence-electron chi connectivity index (χ3n) is 5.99. The van der Waals surface area contributed by atoms with Crippen LogP contribution >= 0.6 is 0 Å². The molecule has 0 heterocycles. The maximum Gasteiger partial charge on any atom is -0.0355 e. The van der Waals surface area contributed by atoms with Crippen LogP contribution < -0.4 is 0 Å². The van der Waals surface area contributed by atoms with E-state index in [9.17, 15) is 0 Å². The molecular formula is C16H28. The third-order valence-corrected chi connectivity index (χ3v) is 5.99. The SMILES string of the molecule is CC1CC2CCCCCC1C1CCCC1C2. The third kappa shape index (κ3) is 2.05. The van der Waals surface area contributed by atoms with Crippen LogP contribution in [0.4, 0.5) is 0 Å². The van der Waals surface area contributed by atoms with Crippen molar-refractivity contribution in [2.75, 3.05) is 0 Å². The van der Waals surface area contributed by atoms with Gasteiger partial charge < -0.3 is 0 Å². The highest BCUT2D eigenvalue weighted by molar-refractivity contribution is 4.91. The Bertz CT molecular complexity index is 232. The molecule has 16 heavy (non-hydrogen) atoms. The molecule has 3 aliphatic carbocycles. The average molecular weight is 220 g/mol. The molecule has 0 radical (unpaired) electrons. The van der Waals surface area contributed by atoms with Gasteiger partial charge in [-0.1, -0.05) is 45.4 Å². The highest BCUT2D eigenvalue weighted by atomic mass is 14.5. The van der Waals surface area contributed by atoms with Crippen molar-refractivity contribution in [3.63, 3.8) is 0 Å². The minimum atomic E-state index is 1.04. The molecule has 0 nitrogen and oxygen atoms in total.